The summed E-state index contributed by atoms with van der Waals surface area (Å²) in [4.78, 5) is 2.64. The first-order valence-electron chi connectivity index (χ1n) is 7.18. The molecular formula is C15H32ClN. The molecule has 0 fully saturated rings. The van der Waals surface area contributed by atoms with Crippen LogP contribution in [0.4, 0.5) is 0 Å². The molecule has 0 heterocycles. The Kier molecular flexibility index (Phi) is 18.2. The topological polar surface area (TPSA) is 3.24 Å². The standard InChI is InChI=1S/C15H31N.ClH/c1-4-7-10-13-16(14-11-8-5-2)15-12-9-6-3;/h4,7H,5-6,8-15H2,1-3H3;1H. The number of hydrogen-bond donors (Lipinski definition) is 0. The Morgan fingerprint density at radius 1 is 0.824 bits per heavy atom. The maximum absolute atomic E-state index is 2.64. The summed E-state index contributed by atoms with van der Waals surface area (Å²) in [6.45, 7) is 10.5. The quantitative estimate of drug-likeness (QED) is 0.371. The molecule has 0 saturated carbocycles. The average Bonchev–Trinajstić information content (AvgIpc) is 2.29. The molecule has 0 aromatic heterocycles. The van der Waals surface area contributed by atoms with Crippen molar-refractivity contribution >= 4 is 12.4 Å². The van der Waals surface area contributed by atoms with Crippen molar-refractivity contribution in [1.82, 2.24) is 4.90 Å². The first kappa shape index (κ1) is 19.3. The summed E-state index contributed by atoms with van der Waals surface area (Å²) in [5.74, 6) is 0. The second-order valence-electron chi connectivity index (χ2n) is 4.61. The monoisotopic (exact) mass is 261 g/mol. The van der Waals surface area contributed by atoms with Crippen LogP contribution >= 0.6 is 12.4 Å². The lowest BCUT2D eigenvalue weighted by Crippen LogP contribution is -2.27. The van der Waals surface area contributed by atoms with Crippen LogP contribution in [0.3, 0.4) is 0 Å². The van der Waals surface area contributed by atoms with Crippen LogP contribution in [0.1, 0.15) is 65.7 Å². The Morgan fingerprint density at radius 2 is 1.35 bits per heavy atom. The molecule has 0 saturated heterocycles. The van der Waals surface area contributed by atoms with Crippen molar-refractivity contribution in [1.29, 1.82) is 0 Å². The second kappa shape index (κ2) is 16.0. The molecule has 0 unspecified atom stereocenters. The summed E-state index contributed by atoms with van der Waals surface area (Å²) in [6, 6.07) is 0. The fourth-order valence-electron chi connectivity index (χ4n) is 1.93. The molecule has 2 heteroatoms. The van der Waals surface area contributed by atoms with Crippen LogP contribution in [-0.2, 0) is 0 Å². The van der Waals surface area contributed by atoms with Crippen LogP contribution < -0.4 is 0 Å². The summed E-state index contributed by atoms with van der Waals surface area (Å²) >= 11 is 0. The zero-order chi connectivity index (χ0) is 12.1. The third-order valence-corrected chi connectivity index (χ3v) is 3.00. The normalized spacial score (nSPS) is 11.1. The van der Waals surface area contributed by atoms with Crippen molar-refractivity contribution in [2.45, 2.75) is 65.7 Å². The van der Waals surface area contributed by atoms with E-state index in [4.69, 9.17) is 0 Å². The highest BCUT2D eigenvalue weighted by Crippen LogP contribution is 2.03. The van der Waals surface area contributed by atoms with E-state index in [1.807, 2.05) is 0 Å². The SMILES string of the molecule is CC=CCCN(CCCCC)CCCCC.Cl. The van der Waals surface area contributed by atoms with Gasteiger partial charge in [0.1, 0.15) is 0 Å². The van der Waals surface area contributed by atoms with Gasteiger partial charge in [0.2, 0.25) is 0 Å². The number of allylic oxidation sites excluding steroid dienone is 1. The highest BCUT2D eigenvalue weighted by atomic mass is 35.5. The minimum atomic E-state index is 0. The number of halogens is 1. The zero-order valence-electron chi connectivity index (χ0n) is 12.1. The van der Waals surface area contributed by atoms with Gasteiger partial charge < -0.3 is 4.90 Å². The lowest BCUT2D eigenvalue weighted by atomic mass is 10.2. The van der Waals surface area contributed by atoms with E-state index >= 15 is 0 Å². The fourth-order valence-corrected chi connectivity index (χ4v) is 1.93. The summed E-state index contributed by atoms with van der Waals surface area (Å²) in [6.07, 6.45) is 13.8. The Bertz CT molecular complexity index is 147. The highest BCUT2D eigenvalue weighted by Gasteiger charge is 2.02. The van der Waals surface area contributed by atoms with Gasteiger partial charge in [-0.3, -0.25) is 0 Å². The Hall–Kier alpha value is -0.0100. The van der Waals surface area contributed by atoms with Crippen LogP contribution in [-0.4, -0.2) is 24.5 Å². The molecule has 0 aromatic carbocycles. The molecule has 0 rings (SSSR count). The summed E-state index contributed by atoms with van der Waals surface area (Å²) in [5.41, 5.74) is 0. The summed E-state index contributed by atoms with van der Waals surface area (Å²) in [5, 5.41) is 0. The first-order valence-corrected chi connectivity index (χ1v) is 7.18. The number of nitrogens with zero attached hydrogens (tertiary/aromatic N) is 1. The summed E-state index contributed by atoms with van der Waals surface area (Å²) < 4.78 is 0. The molecule has 0 radical (unpaired) electrons. The van der Waals surface area contributed by atoms with Crippen LogP contribution in [0.2, 0.25) is 0 Å². The van der Waals surface area contributed by atoms with Gasteiger partial charge in [-0.15, -0.1) is 12.4 Å². The Morgan fingerprint density at radius 3 is 1.76 bits per heavy atom. The minimum Gasteiger partial charge on any atom is -0.303 e. The molecule has 0 atom stereocenters. The van der Waals surface area contributed by atoms with Gasteiger partial charge in [-0.2, -0.15) is 0 Å². The average molecular weight is 262 g/mol. The van der Waals surface area contributed by atoms with E-state index in [9.17, 15) is 0 Å². The van der Waals surface area contributed by atoms with Crippen molar-refractivity contribution in [2.75, 3.05) is 19.6 Å². The van der Waals surface area contributed by atoms with Gasteiger partial charge in [0.15, 0.2) is 0 Å². The molecule has 0 spiro atoms. The smallest absolute Gasteiger partial charge is 0.00159 e. The number of rotatable bonds is 11. The minimum absolute atomic E-state index is 0. The molecule has 104 valence electrons. The largest absolute Gasteiger partial charge is 0.303 e. The number of unbranched alkanes of at least 4 members (excludes halogenated alkanes) is 4. The van der Waals surface area contributed by atoms with E-state index < -0.39 is 0 Å². The van der Waals surface area contributed by atoms with Crippen molar-refractivity contribution in [3.05, 3.63) is 12.2 Å². The third kappa shape index (κ3) is 13.9. The van der Waals surface area contributed by atoms with E-state index in [0.717, 1.165) is 0 Å². The lowest BCUT2D eigenvalue weighted by Gasteiger charge is -2.21. The Labute approximate surface area is 115 Å². The van der Waals surface area contributed by atoms with Crippen LogP contribution in [0.25, 0.3) is 0 Å². The van der Waals surface area contributed by atoms with Gasteiger partial charge in [-0.05, 0) is 39.3 Å². The van der Waals surface area contributed by atoms with Gasteiger partial charge in [-0.25, -0.2) is 0 Å². The third-order valence-electron chi connectivity index (χ3n) is 3.00. The highest BCUT2D eigenvalue weighted by molar-refractivity contribution is 5.85. The van der Waals surface area contributed by atoms with E-state index in [0.29, 0.717) is 0 Å². The molecule has 0 aliphatic rings. The van der Waals surface area contributed by atoms with Crippen LogP contribution in [0, 0.1) is 0 Å². The molecule has 0 aliphatic carbocycles. The zero-order valence-corrected chi connectivity index (χ0v) is 12.9. The number of hydrogen-bond acceptors (Lipinski definition) is 1. The van der Waals surface area contributed by atoms with E-state index in [1.165, 1.54) is 64.6 Å². The molecule has 0 aromatic rings. The summed E-state index contributed by atoms with van der Waals surface area (Å²) in [7, 11) is 0. The molecule has 0 aliphatic heterocycles. The molecule has 0 N–H and O–H groups in total. The van der Waals surface area contributed by atoms with E-state index in [1.54, 1.807) is 0 Å². The van der Waals surface area contributed by atoms with E-state index in [-0.39, 0.29) is 12.4 Å². The van der Waals surface area contributed by atoms with Crippen molar-refractivity contribution < 1.29 is 0 Å². The van der Waals surface area contributed by atoms with Gasteiger partial charge in [0, 0.05) is 6.54 Å². The van der Waals surface area contributed by atoms with Gasteiger partial charge in [0.05, 0.1) is 0 Å². The van der Waals surface area contributed by atoms with Gasteiger partial charge >= 0.3 is 0 Å². The molecular weight excluding hydrogens is 230 g/mol. The predicted molar refractivity (Wildman–Crippen MR) is 82.2 cm³/mol. The maximum Gasteiger partial charge on any atom is 0.00159 e. The Balaban J connectivity index is 0. The van der Waals surface area contributed by atoms with E-state index in [2.05, 4.69) is 37.8 Å². The van der Waals surface area contributed by atoms with Crippen molar-refractivity contribution in [2.24, 2.45) is 0 Å². The van der Waals surface area contributed by atoms with Crippen molar-refractivity contribution in [3.63, 3.8) is 0 Å². The van der Waals surface area contributed by atoms with Crippen LogP contribution in [0.5, 0.6) is 0 Å². The molecule has 17 heavy (non-hydrogen) atoms. The maximum atomic E-state index is 2.64. The second-order valence-corrected chi connectivity index (χ2v) is 4.61. The van der Waals surface area contributed by atoms with Gasteiger partial charge in [0.25, 0.3) is 0 Å². The fraction of sp³-hybridized carbons (Fsp3) is 0.867. The molecule has 0 amide bonds. The predicted octanol–water partition coefficient (Wildman–Crippen LogP) is 5.06. The lowest BCUT2D eigenvalue weighted by molar-refractivity contribution is 0.266. The first-order chi connectivity index (χ1) is 7.85. The van der Waals surface area contributed by atoms with Gasteiger partial charge in [-0.1, -0.05) is 51.7 Å². The van der Waals surface area contributed by atoms with Crippen molar-refractivity contribution in [3.8, 4) is 0 Å². The van der Waals surface area contributed by atoms with Crippen LogP contribution in [0.15, 0.2) is 12.2 Å². The molecule has 0 bridgehead atoms. The molecule has 1 nitrogen and oxygen atoms in total.